The molecule has 0 radical (unpaired) electrons. The van der Waals surface area contributed by atoms with Crippen LogP contribution in [0.1, 0.15) is 18.5 Å². The highest BCUT2D eigenvalue weighted by molar-refractivity contribution is 5.66. The van der Waals surface area contributed by atoms with Gasteiger partial charge in [0.25, 0.3) is 0 Å². The molecule has 70 valence electrons. The van der Waals surface area contributed by atoms with Gasteiger partial charge in [0.2, 0.25) is 0 Å². The van der Waals surface area contributed by atoms with Crippen molar-refractivity contribution in [2.45, 2.75) is 13.0 Å². The lowest BCUT2D eigenvalue weighted by Gasteiger charge is -2.13. The standard InChI is InChI=1S/C9H12N2O2/c1-6(11-9(12)13)7-4-2-3-5-8(7)10/h2-6,11H,10H2,1H3,(H,12,13)/t6-/m1/s1. The molecule has 0 saturated carbocycles. The number of benzene rings is 1. The Morgan fingerprint density at radius 2 is 2.15 bits per heavy atom. The van der Waals surface area contributed by atoms with E-state index in [0.29, 0.717) is 5.69 Å². The summed E-state index contributed by atoms with van der Waals surface area (Å²) in [7, 11) is 0. The molecule has 0 heterocycles. The van der Waals surface area contributed by atoms with E-state index in [-0.39, 0.29) is 6.04 Å². The lowest BCUT2D eigenvalue weighted by Crippen LogP contribution is -2.25. The quantitative estimate of drug-likeness (QED) is 0.605. The van der Waals surface area contributed by atoms with Crippen molar-refractivity contribution < 1.29 is 9.90 Å². The first-order valence-electron chi connectivity index (χ1n) is 3.95. The van der Waals surface area contributed by atoms with Gasteiger partial charge in [-0.1, -0.05) is 18.2 Å². The van der Waals surface area contributed by atoms with Crippen molar-refractivity contribution in [1.29, 1.82) is 0 Å². The zero-order chi connectivity index (χ0) is 9.84. The average molecular weight is 180 g/mol. The Kier molecular flexibility index (Phi) is 2.74. The van der Waals surface area contributed by atoms with Gasteiger partial charge in [0.05, 0.1) is 6.04 Å². The number of anilines is 1. The van der Waals surface area contributed by atoms with E-state index in [1.54, 1.807) is 19.1 Å². The van der Waals surface area contributed by atoms with Crippen molar-refractivity contribution in [2.24, 2.45) is 0 Å². The van der Waals surface area contributed by atoms with Gasteiger partial charge in [-0.3, -0.25) is 0 Å². The fourth-order valence-corrected chi connectivity index (χ4v) is 1.17. The number of hydrogen-bond acceptors (Lipinski definition) is 2. The van der Waals surface area contributed by atoms with E-state index in [1.165, 1.54) is 0 Å². The van der Waals surface area contributed by atoms with Crippen LogP contribution in [0.2, 0.25) is 0 Å². The highest BCUT2D eigenvalue weighted by Crippen LogP contribution is 2.18. The summed E-state index contributed by atoms with van der Waals surface area (Å²) in [6.45, 7) is 1.75. The first-order valence-corrected chi connectivity index (χ1v) is 3.95. The first kappa shape index (κ1) is 9.38. The molecule has 13 heavy (non-hydrogen) atoms. The van der Waals surface area contributed by atoms with Crippen LogP contribution in [0.4, 0.5) is 10.5 Å². The summed E-state index contributed by atoms with van der Waals surface area (Å²) in [6.07, 6.45) is -1.05. The molecule has 0 spiro atoms. The molecule has 0 aliphatic heterocycles. The predicted octanol–water partition coefficient (Wildman–Crippen LogP) is 1.60. The number of hydrogen-bond donors (Lipinski definition) is 3. The molecule has 1 atom stereocenters. The topological polar surface area (TPSA) is 75.3 Å². The van der Waals surface area contributed by atoms with Gasteiger partial charge in [0.1, 0.15) is 0 Å². The Labute approximate surface area is 76.4 Å². The monoisotopic (exact) mass is 180 g/mol. The van der Waals surface area contributed by atoms with Crippen LogP contribution in [0.25, 0.3) is 0 Å². The van der Waals surface area contributed by atoms with Crippen LogP contribution in [-0.2, 0) is 0 Å². The summed E-state index contributed by atoms with van der Waals surface area (Å²) >= 11 is 0. The van der Waals surface area contributed by atoms with E-state index in [4.69, 9.17) is 10.8 Å². The summed E-state index contributed by atoms with van der Waals surface area (Å²) in [5.74, 6) is 0. The van der Waals surface area contributed by atoms with Crippen LogP contribution in [0.5, 0.6) is 0 Å². The van der Waals surface area contributed by atoms with Gasteiger partial charge >= 0.3 is 6.09 Å². The second-order valence-electron chi connectivity index (χ2n) is 2.80. The van der Waals surface area contributed by atoms with Crippen LogP contribution in [-0.4, -0.2) is 11.2 Å². The fraction of sp³-hybridized carbons (Fsp3) is 0.222. The molecule has 1 aromatic carbocycles. The lowest BCUT2D eigenvalue weighted by molar-refractivity contribution is 0.191. The number of amides is 1. The van der Waals surface area contributed by atoms with Crippen LogP contribution < -0.4 is 11.1 Å². The second kappa shape index (κ2) is 3.80. The van der Waals surface area contributed by atoms with Crippen molar-refractivity contribution in [3.63, 3.8) is 0 Å². The van der Waals surface area contributed by atoms with Crippen molar-refractivity contribution in [3.05, 3.63) is 29.8 Å². The first-order chi connectivity index (χ1) is 6.11. The van der Waals surface area contributed by atoms with Crippen LogP contribution in [0.15, 0.2) is 24.3 Å². The number of nitrogens with two attached hydrogens (primary N) is 1. The number of rotatable bonds is 2. The van der Waals surface area contributed by atoms with Gasteiger partial charge in [-0.15, -0.1) is 0 Å². The highest BCUT2D eigenvalue weighted by atomic mass is 16.4. The molecule has 0 saturated heterocycles. The zero-order valence-corrected chi connectivity index (χ0v) is 7.32. The van der Waals surface area contributed by atoms with E-state index >= 15 is 0 Å². The Bertz CT molecular complexity index is 312. The lowest BCUT2D eigenvalue weighted by atomic mass is 10.1. The minimum absolute atomic E-state index is 0.279. The molecule has 0 aromatic heterocycles. The normalized spacial score (nSPS) is 12.1. The zero-order valence-electron chi connectivity index (χ0n) is 7.32. The number of nitrogen functional groups attached to an aromatic ring is 1. The van der Waals surface area contributed by atoms with Gasteiger partial charge in [-0.25, -0.2) is 4.79 Å². The second-order valence-corrected chi connectivity index (χ2v) is 2.80. The molecule has 4 N–H and O–H groups in total. The van der Waals surface area contributed by atoms with Crippen molar-refractivity contribution in [1.82, 2.24) is 5.32 Å². The molecule has 0 aliphatic rings. The summed E-state index contributed by atoms with van der Waals surface area (Å²) in [6, 6.07) is 6.90. The van der Waals surface area contributed by atoms with Crippen LogP contribution >= 0.6 is 0 Å². The molecule has 1 amide bonds. The van der Waals surface area contributed by atoms with Gasteiger partial charge < -0.3 is 16.2 Å². The minimum atomic E-state index is -1.05. The third-order valence-corrected chi connectivity index (χ3v) is 1.80. The number of carboxylic acid groups (broad SMARTS) is 1. The Balaban J connectivity index is 2.82. The summed E-state index contributed by atoms with van der Waals surface area (Å²) in [4.78, 5) is 10.3. The summed E-state index contributed by atoms with van der Waals surface area (Å²) in [5, 5.41) is 10.8. The van der Waals surface area contributed by atoms with Gasteiger partial charge in [-0.2, -0.15) is 0 Å². The maximum Gasteiger partial charge on any atom is 0.405 e. The van der Waals surface area contributed by atoms with E-state index in [2.05, 4.69) is 5.32 Å². The maximum atomic E-state index is 10.3. The Morgan fingerprint density at radius 1 is 1.54 bits per heavy atom. The van der Waals surface area contributed by atoms with Gasteiger partial charge in [-0.05, 0) is 18.6 Å². The molecule has 4 heteroatoms. The molecule has 0 fully saturated rings. The van der Waals surface area contributed by atoms with Crippen LogP contribution in [0, 0.1) is 0 Å². The smallest absolute Gasteiger partial charge is 0.405 e. The molecular formula is C9H12N2O2. The molecule has 0 bridgehead atoms. The molecule has 1 aromatic rings. The predicted molar refractivity (Wildman–Crippen MR) is 50.4 cm³/mol. The van der Waals surface area contributed by atoms with E-state index in [1.807, 2.05) is 12.1 Å². The molecule has 4 nitrogen and oxygen atoms in total. The molecule has 1 rings (SSSR count). The molecule has 0 unspecified atom stereocenters. The van der Waals surface area contributed by atoms with Gasteiger partial charge in [0.15, 0.2) is 0 Å². The number of nitrogens with one attached hydrogen (secondary N) is 1. The van der Waals surface area contributed by atoms with Crippen molar-refractivity contribution in [2.75, 3.05) is 5.73 Å². The maximum absolute atomic E-state index is 10.3. The Morgan fingerprint density at radius 3 is 2.69 bits per heavy atom. The molecule has 0 aliphatic carbocycles. The fourth-order valence-electron chi connectivity index (χ4n) is 1.17. The van der Waals surface area contributed by atoms with E-state index < -0.39 is 6.09 Å². The number of carbonyl (C=O) groups is 1. The van der Waals surface area contributed by atoms with Crippen molar-refractivity contribution >= 4 is 11.8 Å². The average Bonchev–Trinajstić information content (AvgIpc) is 2.03. The van der Waals surface area contributed by atoms with Gasteiger partial charge in [0, 0.05) is 5.69 Å². The number of para-hydroxylation sites is 1. The van der Waals surface area contributed by atoms with E-state index in [9.17, 15) is 4.79 Å². The summed E-state index contributed by atoms with van der Waals surface area (Å²) in [5.41, 5.74) is 7.06. The largest absolute Gasteiger partial charge is 0.465 e. The Hall–Kier alpha value is -1.71. The van der Waals surface area contributed by atoms with Crippen molar-refractivity contribution in [3.8, 4) is 0 Å². The van der Waals surface area contributed by atoms with E-state index in [0.717, 1.165) is 5.56 Å². The minimum Gasteiger partial charge on any atom is -0.465 e. The van der Waals surface area contributed by atoms with Crippen LogP contribution in [0.3, 0.4) is 0 Å². The third kappa shape index (κ3) is 2.37. The third-order valence-electron chi connectivity index (χ3n) is 1.80. The molecular weight excluding hydrogens is 168 g/mol. The highest BCUT2D eigenvalue weighted by Gasteiger charge is 2.09. The SMILES string of the molecule is C[C@@H](NC(=O)O)c1ccccc1N. The summed E-state index contributed by atoms with van der Waals surface area (Å²) < 4.78 is 0.